The molecule has 1 aromatic carbocycles. The minimum absolute atomic E-state index is 0.677. The van der Waals surface area contributed by atoms with Crippen LogP contribution in [0.15, 0.2) is 60.9 Å². The fourth-order valence-electron chi connectivity index (χ4n) is 2.36. The SMILES string of the molecule is Clc1ccn2c(c1)nc1ncc(-c3ccccc3)cc12. The Balaban J connectivity index is 2.01. The van der Waals surface area contributed by atoms with Gasteiger partial charge >= 0.3 is 0 Å². The minimum atomic E-state index is 0.677. The lowest BCUT2D eigenvalue weighted by Crippen LogP contribution is -1.85. The van der Waals surface area contributed by atoms with E-state index < -0.39 is 0 Å². The zero-order valence-electron chi connectivity index (χ0n) is 10.5. The van der Waals surface area contributed by atoms with E-state index in [1.807, 2.05) is 47.1 Å². The highest BCUT2D eigenvalue weighted by molar-refractivity contribution is 6.30. The summed E-state index contributed by atoms with van der Waals surface area (Å²) in [4.78, 5) is 8.93. The first-order chi connectivity index (χ1) is 9.81. The number of rotatable bonds is 1. The van der Waals surface area contributed by atoms with Crippen molar-refractivity contribution in [2.45, 2.75) is 0 Å². The number of fused-ring (bicyclic) bond motifs is 3. The summed E-state index contributed by atoms with van der Waals surface area (Å²) >= 11 is 6.00. The topological polar surface area (TPSA) is 30.2 Å². The molecule has 0 saturated carbocycles. The van der Waals surface area contributed by atoms with Crippen molar-refractivity contribution in [1.29, 1.82) is 0 Å². The number of aromatic nitrogens is 3. The Morgan fingerprint density at radius 1 is 0.950 bits per heavy atom. The zero-order valence-corrected chi connectivity index (χ0v) is 11.2. The van der Waals surface area contributed by atoms with Crippen LogP contribution in [0.25, 0.3) is 27.9 Å². The first-order valence-corrected chi connectivity index (χ1v) is 6.68. The molecule has 0 N–H and O–H groups in total. The van der Waals surface area contributed by atoms with Crippen molar-refractivity contribution in [3.63, 3.8) is 0 Å². The average Bonchev–Trinajstić information content (AvgIpc) is 2.84. The lowest BCUT2D eigenvalue weighted by atomic mass is 10.1. The molecule has 0 aliphatic carbocycles. The van der Waals surface area contributed by atoms with Gasteiger partial charge in [-0.1, -0.05) is 41.9 Å². The van der Waals surface area contributed by atoms with E-state index in [0.717, 1.165) is 27.9 Å². The Hall–Kier alpha value is -2.39. The molecule has 96 valence electrons. The molecule has 0 saturated heterocycles. The Labute approximate surface area is 120 Å². The Morgan fingerprint density at radius 2 is 1.80 bits per heavy atom. The minimum Gasteiger partial charge on any atom is -0.298 e. The first-order valence-electron chi connectivity index (χ1n) is 6.30. The molecule has 20 heavy (non-hydrogen) atoms. The standard InChI is InChI=1S/C16H10ClN3/c17-13-6-7-20-14-8-12(11-4-2-1-3-5-11)10-18-16(14)19-15(20)9-13/h1-10H. The highest BCUT2D eigenvalue weighted by atomic mass is 35.5. The van der Waals surface area contributed by atoms with Gasteiger partial charge in [0.05, 0.1) is 5.52 Å². The number of imidazole rings is 1. The van der Waals surface area contributed by atoms with E-state index in [-0.39, 0.29) is 0 Å². The monoisotopic (exact) mass is 279 g/mol. The van der Waals surface area contributed by atoms with Crippen LogP contribution in [-0.2, 0) is 0 Å². The van der Waals surface area contributed by atoms with Crippen LogP contribution < -0.4 is 0 Å². The highest BCUT2D eigenvalue weighted by Gasteiger charge is 2.07. The van der Waals surface area contributed by atoms with Crippen LogP contribution >= 0.6 is 11.6 Å². The van der Waals surface area contributed by atoms with Gasteiger partial charge in [-0.3, -0.25) is 4.40 Å². The molecule has 3 heterocycles. The summed E-state index contributed by atoms with van der Waals surface area (Å²) in [5, 5.41) is 0.677. The van der Waals surface area contributed by atoms with Crippen molar-refractivity contribution < 1.29 is 0 Å². The van der Waals surface area contributed by atoms with Crippen LogP contribution in [0, 0.1) is 0 Å². The van der Waals surface area contributed by atoms with Crippen molar-refractivity contribution in [3.8, 4) is 11.1 Å². The normalized spacial score (nSPS) is 11.2. The van der Waals surface area contributed by atoms with E-state index in [4.69, 9.17) is 11.6 Å². The van der Waals surface area contributed by atoms with Crippen LogP contribution in [-0.4, -0.2) is 14.4 Å². The number of benzene rings is 1. The Kier molecular flexibility index (Phi) is 2.47. The second-order valence-corrected chi connectivity index (χ2v) is 5.05. The van der Waals surface area contributed by atoms with Crippen molar-refractivity contribution in [3.05, 3.63) is 65.9 Å². The van der Waals surface area contributed by atoms with Crippen LogP contribution in [0.2, 0.25) is 5.02 Å². The van der Waals surface area contributed by atoms with E-state index in [9.17, 15) is 0 Å². The maximum absolute atomic E-state index is 6.00. The molecular formula is C16H10ClN3. The Morgan fingerprint density at radius 3 is 2.65 bits per heavy atom. The van der Waals surface area contributed by atoms with Gasteiger partial charge in [0.25, 0.3) is 0 Å². The quantitative estimate of drug-likeness (QED) is 0.523. The largest absolute Gasteiger partial charge is 0.298 e. The van der Waals surface area contributed by atoms with Crippen LogP contribution in [0.3, 0.4) is 0 Å². The molecule has 0 amide bonds. The van der Waals surface area contributed by atoms with Gasteiger partial charge in [0.1, 0.15) is 5.65 Å². The number of hydrogen-bond donors (Lipinski definition) is 0. The summed E-state index contributed by atoms with van der Waals surface area (Å²) in [7, 11) is 0. The number of halogens is 1. The van der Waals surface area contributed by atoms with Crippen molar-refractivity contribution >= 4 is 28.4 Å². The van der Waals surface area contributed by atoms with Crippen LogP contribution in [0.4, 0.5) is 0 Å². The predicted molar refractivity (Wildman–Crippen MR) is 80.9 cm³/mol. The molecule has 3 aromatic heterocycles. The molecular weight excluding hydrogens is 270 g/mol. The molecule has 4 rings (SSSR count). The molecule has 0 radical (unpaired) electrons. The van der Waals surface area contributed by atoms with Gasteiger partial charge in [-0.05, 0) is 17.7 Å². The molecule has 4 heteroatoms. The van der Waals surface area contributed by atoms with Crippen molar-refractivity contribution in [2.24, 2.45) is 0 Å². The summed E-state index contributed by atoms with van der Waals surface area (Å²) in [6.07, 6.45) is 3.77. The molecule has 0 spiro atoms. The molecule has 4 aromatic rings. The van der Waals surface area contributed by atoms with Gasteiger partial charge in [0, 0.05) is 29.0 Å². The first kappa shape index (κ1) is 11.4. The second kappa shape index (κ2) is 4.32. The van der Waals surface area contributed by atoms with Crippen LogP contribution in [0.5, 0.6) is 0 Å². The molecule has 0 aliphatic rings. The van der Waals surface area contributed by atoms with Gasteiger partial charge in [0.15, 0.2) is 5.65 Å². The maximum Gasteiger partial charge on any atom is 0.178 e. The average molecular weight is 280 g/mol. The molecule has 0 fully saturated rings. The van der Waals surface area contributed by atoms with E-state index in [2.05, 4.69) is 28.2 Å². The van der Waals surface area contributed by atoms with Gasteiger partial charge in [-0.15, -0.1) is 0 Å². The summed E-state index contributed by atoms with van der Waals surface area (Å²) in [5.41, 5.74) is 4.75. The van der Waals surface area contributed by atoms with E-state index in [0.29, 0.717) is 5.02 Å². The maximum atomic E-state index is 6.00. The van der Waals surface area contributed by atoms with Crippen molar-refractivity contribution in [1.82, 2.24) is 14.4 Å². The number of pyridine rings is 2. The summed E-state index contributed by atoms with van der Waals surface area (Å²) in [6.45, 7) is 0. The third-order valence-corrected chi connectivity index (χ3v) is 3.57. The third-order valence-electron chi connectivity index (χ3n) is 3.33. The van der Waals surface area contributed by atoms with E-state index >= 15 is 0 Å². The zero-order chi connectivity index (χ0) is 13.5. The predicted octanol–water partition coefficient (Wildman–Crippen LogP) is 4.20. The van der Waals surface area contributed by atoms with Crippen LogP contribution in [0.1, 0.15) is 0 Å². The van der Waals surface area contributed by atoms with Crippen molar-refractivity contribution in [2.75, 3.05) is 0 Å². The fourth-order valence-corrected chi connectivity index (χ4v) is 2.51. The highest BCUT2D eigenvalue weighted by Crippen LogP contribution is 2.24. The molecule has 0 bridgehead atoms. The molecule has 0 unspecified atom stereocenters. The van der Waals surface area contributed by atoms with Gasteiger partial charge in [-0.2, -0.15) is 0 Å². The summed E-state index contributed by atoms with van der Waals surface area (Å²) in [5.74, 6) is 0. The summed E-state index contributed by atoms with van der Waals surface area (Å²) < 4.78 is 2.00. The fraction of sp³-hybridized carbons (Fsp3) is 0. The van der Waals surface area contributed by atoms with E-state index in [1.165, 1.54) is 0 Å². The van der Waals surface area contributed by atoms with E-state index in [1.54, 1.807) is 0 Å². The third kappa shape index (κ3) is 1.75. The van der Waals surface area contributed by atoms with Gasteiger partial charge in [0.2, 0.25) is 0 Å². The second-order valence-electron chi connectivity index (χ2n) is 4.62. The lowest BCUT2D eigenvalue weighted by molar-refractivity contribution is 1.23. The number of nitrogens with zero attached hydrogens (tertiary/aromatic N) is 3. The number of hydrogen-bond acceptors (Lipinski definition) is 2. The molecule has 3 nitrogen and oxygen atoms in total. The lowest BCUT2D eigenvalue weighted by Gasteiger charge is -2.01. The molecule has 0 atom stereocenters. The summed E-state index contributed by atoms with van der Waals surface area (Å²) in [6, 6.07) is 16.0. The Bertz CT molecular complexity index is 913. The smallest absolute Gasteiger partial charge is 0.178 e. The van der Waals surface area contributed by atoms with Gasteiger partial charge < -0.3 is 0 Å². The molecule has 0 aliphatic heterocycles. The van der Waals surface area contributed by atoms with Gasteiger partial charge in [-0.25, -0.2) is 9.97 Å².